The molecule has 0 fully saturated rings. The van der Waals surface area contributed by atoms with E-state index in [1.165, 1.54) is 18.4 Å². The molecule has 0 saturated carbocycles. The van der Waals surface area contributed by atoms with Crippen molar-refractivity contribution in [2.45, 2.75) is 6.92 Å². The van der Waals surface area contributed by atoms with E-state index in [1.54, 1.807) is 39.3 Å². The number of rotatable bonds is 6. The summed E-state index contributed by atoms with van der Waals surface area (Å²) in [5, 5.41) is 9.81. The number of hydrogen-bond acceptors (Lipinski definition) is 8. The van der Waals surface area contributed by atoms with Crippen LogP contribution in [0.1, 0.15) is 25.9 Å². The fourth-order valence-corrected chi connectivity index (χ4v) is 3.28. The quantitative estimate of drug-likeness (QED) is 0.609. The number of aryl methyl sites for hydroxylation is 1. The van der Waals surface area contributed by atoms with Crippen molar-refractivity contribution in [1.29, 1.82) is 0 Å². The van der Waals surface area contributed by atoms with E-state index in [9.17, 15) is 9.59 Å². The van der Waals surface area contributed by atoms with E-state index >= 15 is 0 Å². The first-order valence-electron chi connectivity index (χ1n) is 8.11. The zero-order valence-electron chi connectivity index (χ0n) is 15.7. The molecule has 0 spiro atoms. The van der Waals surface area contributed by atoms with Gasteiger partial charge in [0.25, 0.3) is 5.91 Å². The molecule has 1 amide bonds. The van der Waals surface area contributed by atoms with E-state index in [1.807, 2.05) is 6.07 Å². The van der Waals surface area contributed by atoms with Gasteiger partial charge in [0.2, 0.25) is 0 Å². The largest absolute Gasteiger partial charge is 0.493 e. The van der Waals surface area contributed by atoms with Crippen LogP contribution < -0.4 is 14.8 Å². The Kier molecular flexibility index (Phi) is 5.59. The van der Waals surface area contributed by atoms with Crippen molar-refractivity contribution in [1.82, 2.24) is 15.2 Å². The lowest BCUT2D eigenvalue weighted by Gasteiger charge is -2.08. The van der Waals surface area contributed by atoms with Crippen LogP contribution in [0.2, 0.25) is 0 Å². The summed E-state index contributed by atoms with van der Waals surface area (Å²) in [6.45, 7) is 1.73. The van der Waals surface area contributed by atoms with E-state index < -0.39 is 11.9 Å². The topological polar surface area (TPSA) is 115 Å². The highest BCUT2D eigenvalue weighted by molar-refractivity contribution is 7.16. The van der Waals surface area contributed by atoms with Crippen LogP contribution in [0.5, 0.6) is 11.5 Å². The highest BCUT2D eigenvalue weighted by atomic mass is 32.1. The number of nitrogens with zero attached hydrogens (tertiary/aromatic N) is 2. The smallest absolute Gasteiger partial charge is 0.357 e. The van der Waals surface area contributed by atoms with E-state index in [4.69, 9.17) is 9.47 Å². The number of carbonyl (C=O) groups excluding carboxylic acids is 2. The Balaban J connectivity index is 1.79. The van der Waals surface area contributed by atoms with Crippen molar-refractivity contribution in [3.63, 3.8) is 0 Å². The molecule has 3 rings (SSSR count). The SMILES string of the molecule is COC(=O)c1nc(NC(=O)c2cc(-c3ccc(OC)c(OC)c3)n[nH]2)sc1C. The minimum Gasteiger partial charge on any atom is -0.493 e. The zero-order chi connectivity index (χ0) is 20.3. The predicted octanol–water partition coefficient (Wildman–Crippen LogP) is 2.90. The molecule has 0 radical (unpaired) electrons. The van der Waals surface area contributed by atoms with Gasteiger partial charge in [-0.2, -0.15) is 5.10 Å². The second-order valence-corrected chi connectivity index (χ2v) is 6.81. The number of aromatic amines is 1. The minimum absolute atomic E-state index is 0.179. The number of H-pyrrole nitrogens is 1. The molecule has 0 bridgehead atoms. The number of amides is 1. The van der Waals surface area contributed by atoms with Crippen molar-refractivity contribution in [3.8, 4) is 22.8 Å². The molecule has 2 N–H and O–H groups in total. The van der Waals surface area contributed by atoms with Crippen LogP contribution in [0.4, 0.5) is 5.13 Å². The molecule has 28 heavy (non-hydrogen) atoms. The number of nitrogens with one attached hydrogen (secondary N) is 2. The monoisotopic (exact) mass is 402 g/mol. The van der Waals surface area contributed by atoms with Crippen LogP contribution >= 0.6 is 11.3 Å². The summed E-state index contributed by atoms with van der Waals surface area (Å²) in [6.07, 6.45) is 0. The summed E-state index contributed by atoms with van der Waals surface area (Å²) >= 11 is 1.18. The highest BCUT2D eigenvalue weighted by Gasteiger charge is 2.19. The minimum atomic E-state index is -0.550. The lowest BCUT2D eigenvalue weighted by molar-refractivity contribution is 0.0594. The number of methoxy groups -OCH3 is 3. The standard InChI is InChI=1S/C18H18N4O5S/c1-9-15(17(24)27-4)19-18(28-9)20-16(23)12-8-11(21-22-12)10-5-6-13(25-2)14(7-10)26-3/h5-8H,1-4H3,(H,21,22)(H,19,20,23). The van der Waals surface area contributed by atoms with Gasteiger partial charge in [0.1, 0.15) is 5.69 Å². The van der Waals surface area contributed by atoms with Gasteiger partial charge >= 0.3 is 5.97 Å². The summed E-state index contributed by atoms with van der Waals surface area (Å²) in [4.78, 5) is 28.9. The maximum atomic E-state index is 12.5. The molecular weight excluding hydrogens is 384 g/mol. The van der Waals surface area contributed by atoms with Crippen molar-refractivity contribution in [2.75, 3.05) is 26.6 Å². The van der Waals surface area contributed by atoms with Gasteiger partial charge in [0.15, 0.2) is 22.3 Å². The summed E-state index contributed by atoms with van der Waals surface area (Å²) in [5.74, 6) is 0.179. The summed E-state index contributed by atoms with van der Waals surface area (Å²) in [7, 11) is 4.38. The number of carbonyl (C=O) groups is 2. The Morgan fingerprint density at radius 3 is 2.54 bits per heavy atom. The molecule has 2 heterocycles. The van der Waals surface area contributed by atoms with E-state index in [0.717, 1.165) is 5.56 Å². The van der Waals surface area contributed by atoms with Gasteiger partial charge in [-0.25, -0.2) is 9.78 Å². The van der Waals surface area contributed by atoms with Crippen LogP contribution in [-0.2, 0) is 4.74 Å². The maximum Gasteiger partial charge on any atom is 0.357 e. The van der Waals surface area contributed by atoms with Crippen LogP contribution in [0.15, 0.2) is 24.3 Å². The Morgan fingerprint density at radius 2 is 1.86 bits per heavy atom. The third-order valence-electron chi connectivity index (χ3n) is 3.90. The van der Waals surface area contributed by atoms with Gasteiger partial charge in [-0.3, -0.25) is 15.2 Å². The molecule has 3 aromatic rings. The van der Waals surface area contributed by atoms with Crippen molar-refractivity contribution < 1.29 is 23.8 Å². The molecule has 9 nitrogen and oxygen atoms in total. The van der Waals surface area contributed by atoms with Gasteiger partial charge in [0.05, 0.1) is 27.0 Å². The lowest BCUT2D eigenvalue weighted by Crippen LogP contribution is -2.12. The molecule has 10 heteroatoms. The molecular formula is C18H18N4O5S. The number of benzene rings is 1. The molecule has 2 aromatic heterocycles. The highest BCUT2D eigenvalue weighted by Crippen LogP contribution is 2.32. The van der Waals surface area contributed by atoms with Gasteiger partial charge in [0, 0.05) is 10.4 Å². The first kappa shape index (κ1) is 19.4. The Morgan fingerprint density at radius 1 is 1.11 bits per heavy atom. The summed E-state index contributed by atoms with van der Waals surface area (Å²) in [5.41, 5.74) is 1.75. The van der Waals surface area contributed by atoms with Gasteiger partial charge in [-0.05, 0) is 31.2 Å². The van der Waals surface area contributed by atoms with Crippen LogP contribution in [0, 0.1) is 6.92 Å². The Bertz CT molecular complexity index is 1030. The maximum absolute atomic E-state index is 12.5. The summed E-state index contributed by atoms with van der Waals surface area (Å²) in [6, 6.07) is 6.95. The molecule has 1 aromatic carbocycles. The third kappa shape index (κ3) is 3.81. The van der Waals surface area contributed by atoms with E-state index in [2.05, 4.69) is 25.2 Å². The Hall–Kier alpha value is -3.40. The lowest BCUT2D eigenvalue weighted by atomic mass is 10.1. The average Bonchev–Trinajstić information content (AvgIpc) is 3.33. The average molecular weight is 402 g/mol. The number of thiazole rings is 1. The number of ether oxygens (including phenoxy) is 3. The molecule has 0 aliphatic rings. The molecule has 0 aliphatic heterocycles. The van der Waals surface area contributed by atoms with Crippen LogP contribution in [0.25, 0.3) is 11.3 Å². The van der Waals surface area contributed by atoms with Gasteiger partial charge < -0.3 is 14.2 Å². The first-order chi connectivity index (χ1) is 13.5. The first-order valence-corrected chi connectivity index (χ1v) is 8.93. The molecule has 0 atom stereocenters. The second-order valence-electron chi connectivity index (χ2n) is 5.61. The van der Waals surface area contributed by atoms with E-state index in [-0.39, 0.29) is 11.4 Å². The Labute approximate surface area is 164 Å². The predicted molar refractivity (Wildman–Crippen MR) is 103 cm³/mol. The molecule has 146 valence electrons. The fourth-order valence-electron chi connectivity index (χ4n) is 2.48. The normalized spacial score (nSPS) is 10.4. The molecule has 0 saturated heterocycles. The van der Waals surface area contributed by atoms with Gasteiger partial charge in [-0.1, -0.05) is 0 Å². The zero-order valence-corrected chi connectivity index (χ0v) is 16.5. The summed E-state index contributed by atoms with van der Waals surface area (Å²) < 4.78 is 15.2. The fraction of sp³-hybridized carbons (Fsp3) is 0.222. The number of anilines is 1. The second kappa shape index (κ2) is 8.09. The molecule has 0 aliphatic carbocycles. The third-order valence-corrected chi connectivity index (χ3v) is 4.78. The van der Waals surface area contributed by atoms with Crippen molar-refractivity contribution >= 4 is 28.3 Å². The van der Waals surface area contributed by atoms with Crippen LogP contribution in [0.3, 0.4) is 0 Å². The molecule has 0 unspecified atom stereocenters. The van der Waals surface area contributed by atoms with Crippen molar-refractivity contribution in [2.24, 2.45) is 0 Å². The van der Waals surface area contributed by atoms with Crippen molar-refractivity contribution in [3.05, 3.63) is 40.5 Å². The van der Waals surface area contributed by atoms with E-state index in [0.29, 0.717) is 27.2 Å². The van der Waals surface area contributed by atoms with Gasteiger partial charge in [-0.15, -0.1) is 11.3 Å². The van der Waals surface area contributed by atoms with Crippen LogP contribution in [-0.4, -0.2) is 48.4 Å². The number of esters is 1. The number of aromatic nitrogens is 3. The number of hydrogen-bond donors (Lipinski definition) is 2.